The zero-order valence-electron chi connectivity index (χ0n) is 11.6. The third-order valence-corrected chi connectivity index (χ3v) is 4.79. The van der Waals surface area contributed by atoms with Crippen LogP contribution in [0.4, 0.5) is 4.39 Å². The smallest absolute Gasteiger partial charge is 0.123 e. The van der Waals surface area contributed by atoms with Gasteiger partial charge in [0.2, 0.25) is 0 Å². The Bertz CT molecular complexity index is 421. The van der Waals surface area contributed by atoms with Crippen molar-refractivity contribution in [1.29, 1.82) is 0 Å². The molecule has 0 amide bonds. The topological polar surface area (TPSA) is 15.3 Å². The SMILES string of the molecule is CNC1CC2CCCC(C1)N2Cc1cccc(F)c1. The molecule has 2 aliphatic rings. The molecule has 2 fully saturated rings. The van der Waals surface area contributed by atoms with Crippen LogP contribution >= 0.6 is 0 Å². The summed E-state index contributed by atoms with van der Waals surface area (Å²) >= 11 is 0. The minimum atomic E-state index is -0.118. The van der Waals surface area contributed by atoms with Crippen molar-refractivity contribution < 1.29 is 4.39 Å². The summed E-state index contributed by atoms with van der Waals surface area (Å²) in [7, 11) is 2.07. The first-order chi connectivity index (χ1) is 9.26. The number of halogens is 1. The van der Waals surface area contributed by atoms with E-state index >= 15 is 0 Å². The van der Waals surface area contributed by atoms with Crippen LogP contribution in [0.1, 0.15) is 37.7 Å². The van der Waals surface area contributed by atoms with E-state index in [1.807, 2.05) is 12.1 Å². The molecule has 2 heterocycles. The monoisotopic (exact) mass is 262 g/mol. The van der Waals surface area contributed by atoms with Gasteiger partial charge in [-0.15, -0.1) is 0 Å². The van der Waals surface area contributed by atoms with Crippen molar-refractivity contribution in [3.63, 3.8) is 0 Å². The summed E-state index contributed by atoms with van der Waals surface area (Å²) in [5.41, 5.74) is 1.11. The Morgan fingerprint density at radius 3 is 2.63 bits per heavy atom. The third kappa shape index (κ3) is 2.82. The van der Waals surface area contributed by atoms with Gasteiger partial charge in [-0.1, -0.05) is 18.6 Å². The molecule has 1 aromatic carbocycles. The summed E-state index contributed by atoms with van der Waals surface area (Å²) < 4.78 is 13.3. The number of rotatable bonds is 3. The zero-order chi connectivity index (χ0) is 13.2. The molecule has 2 bridgehead atoms. The van der Waals surface area contributed by atoms with Gasteiger partial charge in [0.15, 0.2) is 0 Å². The molecule has 2 saturated heterocycles. The lowest BCUT2D eigenvalue weighted by Crippen LogP contribution is -2.55. The van der Waals surface area contributed by atoms with Crippen LogP contribution in [0.25, 0.3) is 0 Å². The van der Waals surface area contributed by atoms with E-state index in [4.69, 9.17) is 0 Å². The van der Waals surface area contributed by atoms with Crippen LogP contribution in [-0.2, 0) is 6.54 Å². The highest BCUT2D eigenvalue weighted by molar-refractivity contribution is 5.17. The van der Waals surface area contributed by atoms with Gasteiger partial charge in [-0.3, -0.25) is 4.90 Å². The number of hydrogen-bond acceptors (Lipinski definition) is 2. The van der Waals surface area contributed by atoms with Crippen LogP contribution in [0, 0.1) is 5.82 Å². The van der Waals surface area contributed by atoms with Gasteiger partial charge >= 0.3 is 0 Å². The van der Waals surface area contributed by atoms with E-state index in [9.17, 15) is 4.39 Å². The molecule has 1 N–H and O–H groups in total. The molecule has 19 heavy (non-hydrogen) atoms. The van der Waals surface area contributed by atoms with Crippen molar-refractivity contribution in [2.75, 3.05) is 7.05 Å². The molecular formula is C16H23FN2. The van der Waals surface area contributed by atoms with E-state index < -0.39 is 0 Å². The maximum atomic E-state index is 13.3. The van der Waals surface area contributed by atoms with E-state index in [-0.39, 0.29) is 5.82 Å². The largest absolute Gasteiger partial charge is 0.317 e. The number of nitrogens with zero attached hydrogens (tertiary/aromatic N) is 1. The quantitative estimate of drug-likeness (QED) is 0.901. The first kappa shape index (κ1) is 13.1. The van der Waals surface area contributed by atoms with E-state index in [1.54, 1.807) is 6.07 Å². The third-order valence-electron chi connectivity index (χ3n) is 4.79. The number of fused-ring (bicyclic) bond motifs is 2. The molecule has 1 aromatic rings. The van der Waals surface area contributed by atoms with Crippen LogP contribution in [-0.4, -0.2) is 30.1 Å². The summed E-state index contributed by atoms with van der Waals surface area (Å²) in [5.74, 6) is -0.118. The second kappa shape index (κ2) is 5.59. The predicted octanol–water partition coefficient (Wildman–Crippen LogP) is 2.93. The summed E-state index contributed by atoms with van der Waals surface area (Å²) in [6.45, 7) is 0.906. The van der Waals surface area contributed by atoms with Gasteiger partial charge in [-0.05, 0) is 50.4 Å². The van der Waals surface area contributed by atoms with Crippen molar-refractivity contribution in [2.24, 2.45) is 0 Å². The fraction of sp³-hybridized carbons (Fsp3) is 0.625. The van der Waals surface area contributed by atoms with Crippen molar-refractivity contribution in [1.82, 2.24) is 10.2 Å². The van der Waals surface area contributed by atoms with Crippen molar-refractivity contribution in [3.8, 4) is 0 Å². The predicted molar refractivity (Wildman–Crippen MR) is 75.5 cm³/mol. The Hall–Kier alpha value is -0.930. The van der Waals surface area contributed by atoms with E-state index in [0.29, 0.717) is 18.1 Å². The molecule has 0 saturated carbocycles. The van der Waals surface area contributed by atoms with Crippen LogP contribution in [0.3, 0.4) is 0 Å². The Morgan fingerprint density at radius 1 is 1.26 bits per heavy atom. The molecule has 3 heteroatoms. The fourth-order valence-corrected chi connectivity index (χ4v) is 3.82. The lowest BCUT2D eigenvalue weighted by Gasteiger charge is -2.49. The van der Waals surface area contributed by atoms with Gasteiger partial charge < -0.3 is 5.32 Å². The zero-order valence-corrected chi connectivity index (χ0v) is 11.6. The van der Waals surface area contributed by atoms with Gasteiger partial charge in [0.1, 0.15) is 5.82 Å². The standard InChI is InChI=1S/C16H23FN2/c1-18-14-9-15-6-3-7-16(10-14)19(15)11-12-4-2-5-13(17)8-12/h2,4-5,8,14-16,18H,3,6-7,9-11H2,1H3. The summed E-state index contributed by atoms with van der Waals surface area (Å²) in [6, 6.07) is 9.08. The summed E-state index contributed by atoms with van der Waals surface area (Å²) in [6.07, 6.45) is 6.42. The minimum Gasteiger partial charge on any atom is -0.317 e. The molecule has 2 unspecified atom stereocenters. The molecule has 2 nitrogen and oxygen atoms in total. The van der Waals surface area contributed by atoms with Gasteiger partial charge in [0.05, 0.1) is 0 Å². The average molecular weight is 262 g/mol. The highest BCUT2D eigenvalue weighted by Crippen LogP contribution is 2.35. The maximum Gasteiger partial charge on any atom is 0.123 e. The lowest BCUT2D eigenvalue weighted by atomic mass is 9.81. The Morgan fingerprint density at radius 2 is 2.00 bits per heavy atom. The first-order valence-corrected chi connectivity index (χ1v) is 7.43. The van der Waals surface area contributed by atoms with E-state index in [0.717, 1.165) is 12.1 Å². The van der Waals surface area contributed by atoms with Gasteiger partial charge in [0, 0.05) is 24.7 Å². The first-order valence-electron chi connectivity index (χ1n) is 7.43. The average Bonchev–Trinajstić information content (AvgIpc) is 2.38. The number of nitrogens with one attached hydrogen (secondary N) is 1. The fourth-order valence-electron chi connectivity index (χ4n) is 3.82. The van der Waals surface area contributed by atoms with Crippen LogP contribution in [0.5, 0.6) is 0 Å². The molecule has 0 aromatic heterocycles. The van der Waals surface area contributed by atoms with Gasteiger partial charge in [-0.25, -0.2) is 4.39 Å². The number of piperidine rings is 2. The molecule has 104 valence electrons. The maximum absolute atomic E-state index is 13.3. The van der Waals surface area contributed by atoms with Crippen molar-refractivity contribution in [3.05, 3.63) is 35.6 Å². The molecule has 3 rings (SSSR count). The Balaban J connectivity index is 1.73. The molecule has 0 radical (unpaired) electrons. The second-order valence-electron chi connectivity index (χ2n) is 6.00. The molecule has 0 spiro atoms. The Kier molecular flexibility index (Phi) is 3.85. The second-order valence-corrected chi connectivity index (χ2v) is 6.00. The van der Waals surface area contributed by atoms with E-state index in [2.05, 4.69) is 17.3 Å². The van der Waals surface area contributed by atoms with Crippen LogP contribution < -0.4 is 5.32 Å². The van der Waals surface area contributed by atoms with Crippen LogP contribution in [0.15, 0.2) is 24.3 Å². The van der Waals surface area contributed by atoms with Crippen molar-refractivity contribution in [2.45, 2.75) is 56.8 Å². The molecule has 0 aliphatic carbocycles. The number of benzene rings is 1. The summed E-state index contributed by atoms with van der Waals surface area (Å²) in [4.78, 5) is 2.62. The summed E-state index contributed by atoms with van der Waals surface area (Å²) in [5, 5.41) is 3.44. The molecular weight excluding hydrogens is 239 g/mol. The molecule has 2 aliphatic heterocycles. The van der Waals surface area contributed by atoms with Crippen molar-refractivity contribution >= 4 is 0 Å². The van der Waals surface area contributed by atoms with Crippen LogP contribution in [0.2, 0.25) is 0 Å². The highest BCUT2D eigenvalue weighted by Gasteiger charge is 2.37. The van der Waals surface area contributed by atoms with Gasteiger partial charge in [0.25, 0.3) is 0 Å². The molecule has 2 atom stereocenters. The normalized spacial score (nSPS) is 31.4. The minimum absolute atomic E-state index is 0.118. The number of hydrogen-bond donors (Lipinski definition) is 1. The lowest BCUT2D eigenvalue weighted by molar-refractivity contribution is 0.0190. The highest BCUT2D eigenvalue weighted by atomic mass is 19.1. The van der Waals surface area contributed by atoms with E-state index in [1.165, 1.54) is 38.2 Å². The Labute approximate surface area is 115 Å². The van der Waals surface area contributed by atoms with Gasteiger partial charge in [-0.2, -0.15) is 0 Å².